The van der Waals surface area contributed by atoms with Gasteiger partial charge < -0.3 is 15.2 Å². The van der Waals surface area contributed by atoms with E-state index >= 15 is 0 Å². The van der Waals surface area contributed by atoms with Crippen molar-refractivity contribution >= 4 is 34.2 Å². The van der Waals surface area contributed by atoms with E-state index in [-0.39, 0.29) is 39.2 Å². The number of hydrogen-bond acceptors (Lipinski definition) is 6. The van der Waals surface area contributed by atoms with Crippen LogP contribution in [0.3, 0.4) is 0 Å². The van der Waals surface area contributed by atoms with E-state index in [4.69, 9.17) is 22.3 Å². The minimum absolute atomic E-state index is 0.0164. The van der Waals surface area contributed by atoms with Crippen molar-refractivity contribution in [3.05, 3.63) is 51.7 Å². The Morgan fingerprint density at radius 3 is 2.59 bits per heavy atom. The topological polar surface area (TPSA) is 119 Å². The molecule has 0 bridgehead atoms. The molecule has 0 aliphatic carbocycles. The summed E-state index contributed by atoms with van der Waals surface area (Å²) in [6.07, 6.45) is -3.76. The Kier molecular flexibility index (Phi) is 6.53. The number of rotatable bonds is 5. The molecule has 0 amide bonds. The van der Waals surface area contributed by atoms with Gasteiger partial charge in [0, 0.05) is 5.56 Å². The van der Waals surface area contributed by atoms with Crippen molar-refractivity contribution in [3.63, 3.8) is 0 Å². The first kappa shape index (κ1) is 22.6. The minimum atomic E-state index is -4.67. The van der Waals surface area contributed by atoms with Crippen molar-refractivity contribution in [3.8, 4) is 12.1 Å². The summed E-state index contributed by atoms with van der Waals surface area (Å²) in [5.41, 5.74) is -3.07. The molecule has 3 N–H and O–H groups in total. The number of nitrogens with one attached hydrogen (secondary N) is 3. The van der Waals surface area contributed by atoms with Gasteiger partial charge in [-0.2, -0.15) is 23.7 Å². The average molecular weight is 442 g/mol. The zero-order valence-corrected chi connectivity index (χ0v) is 16.6. The first-order valence-electron chi connectivity index (χ1n) is 8.13. The third-order valence-electron chi connectivity index (χ3n) is 4.26. The van der Waals surface area contributed by atoms with E-state index in [9.17, 15) is 23.0 Å². The Labute approximate surface area is 173 Å². The number of halogens is 4. The van der Waals surface area contributed by atoms with Gasteiger partial charge in [0.05, 0.1) is 34.3 Å². The van der Waals surface area contributed by atoms with Crippen LogP contribution in [-0.2, 0) is 22.9 Å². The zero-order valence-electron chi connectivity index (χ0n) is 15.1. The molecule has 0 fully saturated rings. The van der Waals surface area contributed by atoms with E-state index in [2.05, 4.69) is 17.2 Å². The number of nitriles is 2. The van der Waals surface area contributed by atoms with Crippen LogP contribution >= 0.6 is 11.6 Å². The normalized spacial score (nSPS) is 20.8. The van der Waals surface area contributed by atoms with Crippen molar-refractivity contribution in [2.45, 2.75) is 25.1 Å². The highest BCUT2D eigenvalue weighted by Gasteiger charge is 2.42. The maximum atomic E-state index is 13.3. The smallest absolute Gasteiger partial charge is 0.416 e. The van der Waals surface area contributed by atoms with Crippen molar-refractivity contribution < 1.29 is 17.7 Å². The maximum absolute atomic E-state index is 13.3. The summed E-state index contributed by atoms with van der Waals surface area (Å²) in [4.78, 5) is -0.180. The number of allylic oxidation sites excluding steroid dienone is 1. The second-order valence-corrected chi connectivity index (χ2v) is 8.05. The summed E-state index contributed by atoms with van der Waals surface area (Å²) in [6.45, 7) is 5.22. The van der Waals surface area contributed by atoms with Crippen LogP contribution in [0.2, 0.25) is 5.02 Å². The molecule has 152 valence electrons. The predicted molar refractivity (Wildman–Crippen MR) is 104 cm³/mol. The fourth-order valence-corrected chi connectivity index (χ4v) is 4.01. The van der Waals surface area contributed by atoms with E-state index in [1.165, 1.54) is 6.08 Å². The van der Waals surface area contributed by atoms with Gasteiger partial charge in [0.1, 0.15) is 11.8 Å². The second kappa shape index (κ2) is 8.37. The molecule has 29 heavy (non-hydrogen) atoms. The summed E-state index contributed by atoms with van der Waals surface area (Å²) in [6, 6.07) is 5.07. The maximum Gasteiger partial charge on any atom is 0.416 e. The number of benzene rings is 1. The van der Waals surface area contributed by atoms with Crippen molar-refractivity contribution in [1.82, 2.24) is 5.32 Å². The van der Waals surface area contributed by atoms with Crippen LogP contribution in [0.15, 0.2) is 35.5 Å². The van der Waals surface area contributed by atoms with Crippen LogP contribution in [-0.4, -0.2) is 16.0 Å². The fourth-order valence-electron chi connectivity index (χ4n) is 2.85. The molecule has 0 radical (unpaired) electrons. The molecule has 6 nitrogen and oxygen atoms in total. The van der Waals surface area contributed by atoms with Crippen LogP contribution in [0.4, 0.5) is 18.9 Å². The monoisotopic (exact) mass is 441 g/mol. The Morgan fingerprint density at radius 1 is 1.45 bits per heavy atom. The lowest BCUT2D eigenvalue weighted by Gasteiger charge is -2.40. The summed E-state index contributed by atoms with van der Waals surface area (Å²) >= 11 is 4.34. The summed E-state index contributed by atoms with van der Waals surface area (Å²) in [5.74, 6) is 0.0279. The number of anilines is 1. The van der Waals surface area contributed by atoms with Gasteiger partial charge in [0.25, 0.3) is 0 Å². The van der Waals surface area contributed by atoms with Gasteiger partial charge in [-0.1, -0.05) is 17.7 Å². The Hall–Kier alpha value is -2.66. The molecule has 1 aromatic carbocycles. The van der Waals surface area contributed by atoms with E-state index in [1.807, 2.05) is 6.07 Å². The SMILES string of the molecule is C=CC1(CC#N)N/C(=C(/C(=N)C#N)[S+]([O-])CC)Nc2c(Cl)cc(C(F)(F)F)cc21. The molecule has 2 unspecified atom stereocenters. The summed E-state index contributed by atoms with van der Waals surface area (Å²) < 4.78 is 52.3. The highest BCUT2D eigenvalue weighted by Crippen LogP contribution is 2.45. The molecular formula is C18H15ClF3N5OS. The van der Waals surface area contributed by atoms with Gasteiger partial charge >= 0.3 is 6.18 Å². The fraction of sp³-hybridized carbons (Fsp3) is 0.278. The first-order chi connectivity index (χ1) is 13.5. The molecular weight excluding hydrogens is 427 g/mol. The third kappa shape index (κ3) is 4.20. The quantitative estimate of drug-likeness (QED) is 0.360. The van der Waals surface area contributed by atoms with E-state index in [1.54, 1.807) is 13.0 Å². The van der Waals surface area contributed by atoms with Gasteiger partial charge in [-0.05, 0) is 30.2 Å². The first-order valence-corrected chi connectivity index (χ1v) is 9.83. The number of fused-ring (bicyclic) bond motifs is 1. The average Bonchev–Trinajstić information content (AvgIpc) is 2.67. The molecule has 1 aliphatic rings. The van der Waals surface area contributed by atoms with Crippen molar-refractivity contribution in [1.29, 1.82) is 15.9 Å². The standard InChI is InChI=1S/C18H15ClF3N5OS/c1-3-17(5-6-23)11-7-10(18(20,21)22)8-12(19)14(11)26-16(27-17)15(13(25)9-24)29(28)4-2/h3,7-8,25-27H,1,4-5H2,2H3/b16-15-,25-13?. The molecule has 0 saturated carbocycles. The molecule has 1 aromatic rings. The molecule has 11 heteroatoms. The molecule has 0 aromatic heterocycles. The lowest BCUT2D eigenvalue weighted by molar-refractivity contribution is -0.137. The van der Waals surface area contributed by atoms with Gasteiger partial charge in [0.2, 0.25) is 4.91 Å². The van der Waals surface area contributed by atoms with Gasteiger partial charge in [-0.15, -0.1) is 6.58 Å². The lowest BCUT2D eigenvalue weighted by Crippen LogP contribution is -2.47. The van der Waals surface area contributed by atoms with Crippen LogP contribution in [0, 0.1) is 28.1 Å². The molecule has 1 heterocycles. The zero-order chi connectivity index (χ0) is 22.0. The second-order valence-electron chi connectivity index (χ2n) is 5.96. The van der Waals surface area contributed by atoms with Gasteiger partial charge in [0.15, 0.2) is 11.5 Å². The lowest BCUT2D eigenvalue weighted by atomic mass is 9.83. The Balaban J connectivity index is 2.87. The van der Waals surface area contributed by atoms with Crippen LogP contribution in [0.25, 0.3) is 0 Å². The number of hydrogen-bond donors (Lipinski definition) is 3. The Morgan fingerprint density at radius 2 is 2.10 bits per heavy atom. The molecule has 1 aliphatic heterocycles. The molecule has 0 spiro atoms. The molecule has 2 rings (SSSR count). The van der Waals surface area contributed by atoms with Crippen molar-refractivity contribution in [2.75, 3.05) is 11.1 Å². The molecule has 0 saturated heterocycles. The van der Waals surface area contributed by atoms with Crippen molar-refractivity contribution in [2.24, 2.45) is 0 Å². The summed E-state index contributed by atoms with van der Waals surface area (Å²) in [5, 5.41) is 31.5. The van der Waals surface area contributed by atoms with Crippen LogP contribution < -0.4 is 10.6 Å². The minimum Gasteiger partial charge on any atom is -0.611 e. The number of nitrogens with zero attached hydrogens (tertiary/aromatic N) is 2. The molecule has 2 atom stereocenters. The van der Waals surface area contributed by atoms with E-state index < -0.39 is 34.2 Å². The van der Waals surface area contributed by atoms with E-state index in [0.29, 0.717) is 0 Å². The summed E-state index contributed by atoms with van der Waals surface area (Å²) in [7, 11) is 0. The van der Waals surface area contributed by atoms with Gasteiger partial charge in [-0.25, -0.2) is 0 Å². The third-order valence-corrected chi connectivity index (χ3v) is 5.94. The largest absolute Gasteiger partial charge is 0.611 e. The predicted octanol–water partition coefficient (Wildman–Crippen LogP) is 4.15. The highest BCUT2D eigenvalue weighted by molar-refractivity contribution is 7.96. The highest BCUT2D eigenvalue weighted by atomic mass is 35.5. The van der Waals surface area contributed by atoms with Crippen LogP contribution in [0.1, 0.15) is 24.5 Å². The number of alkyl halides is 3. The van der Waals surface area contributed by atoms with E-state index in [0.717, 1.165) is 12.1 Å². The van der Waals surface area contributed by atoms with Crippen LogP contribution in [0.5, 0.6) is 0 Å². The van der Waals surface area contributed by atoms with Gasteiger partial charge in [-0.3, -0.25) is 5.41 Å². The Bertz CT molecular complexity index is 979.